The van der Waals surface area contributed by atoms with E-state index >= 15 is 0 Å². The van der Waals surface area contributed by atoms with Gasteiger partial charge in [-0.1, -0.05) is 54.1 Å². The van der Waals surface area contributed by atoms with Crippen molar-refractivity contribution in [3.8, 4) is 11.3 Å². The average molecular weight is 417 g/mol. The number of amides is 1. The zero-order valence-corrected chi connectivity index (χ0v) is 17.4. The Kier molecular flexibility index (Phi) is 4.80. The van der Waals surface area contributed by atoms with Crippen LogP contribution in [0.3, 0.4) is 0 Å². The fourth-order valence-electron chi connectivity index (χ4n) is 4.36. The van der Waals surface area contributed by atoms with Crippen LogP contribution < -0.4 is 0 Å². The number of fused-ring (bicyclic) bond motifs is 5. The van der Waals surface area contributed by atoms with E-state index in [1.54, 1.807) is 4.90 Å². The number of hydrogen-bond donors (Lipinski definition) is 0. The van der Waals surface area contributed by atoms with E-state index in [1.165, 1.54) is 21.7 Å². The van der Waals surface area contributed by atoms with Gasteiger partial charge in [0.05, 0.1) is 24.4 Å². The zero-order valence-electron chi connectivity index (χ0n) is 16.7. The Balaban J connectivity index is 1.78. The summed E-state index contributed by atoms with van der Waals surface area (Å²) in [6.07, 6.45) is 0.479. The zero-order chi connectivity index (χ0) is 20.7. The van der Waals surface area contributed by atoms with E-state index in [2.05, 4.69) is 36.4 Å². The second-order valence-corrected chi connectivity index (χ2v) is 7.92. The molecule has 0 spiro atoms. The topological polar surface area (TPSA) is 42.4 Å². The molecule has 0 unspecified atom stereocenters. The molecule has 0 bridgehead atoms. The number of aromatic nitrogens is 1. The Morgan fingerprint density at radius 3 is 2.80 bits per heavy atom. The summed E-state index contributed by atoms with van der Waals surface area (Å²) in [5.74, 6) is 0. The summed E-state index contributed by atoms with van der Waals surface area (Å²) in [6, 6.07) is 20.3. The van der Waals surface area contributed by atoms with Crippen LogP contribution in [0.5, 0.6) is 0 Å². The molecule has 0 radical (unpaired) electrons. The van der Waals surface area contributed by atoms with Crippen LogP contribution >= 0.6 is 11.6 Å². The molecular weight excluding hydrogens is 396 g/mol. The molecule has 150 valence electrons. The highest BCUT2D eigenvalue weighted by Crippen LogP contribution is 2.37. The van der Waals surface area contributed by atoms with E-state index in [0.29, 0.717) is 24.7 Å². The van der Waals surface area contributed by atoms with Crippen molar-refractivity contribution in [1.82, 2.24) is 9.88 Å². The number of pyridine rings is 1. The lowest BCUT2D eigenvalue weighted by molar-refractivity contribution is 0.103. The molecule has 0 saturated carbocycles. The van der Waals surface area contributed by atoms with E-state index in [9.17, 15) is 4.79 Å². The van der Waals surface area contributed by atoms with Crippen LogP contribution in [0.4, 0.5) is 4.79 Å². The van der Waals surface area contributed by atoms with Crippen LogP contribution in [0, 0.1) is 0 Å². The Morgan fingerprint density at radius 1 is 1.10 bits per heavy atom. The molecule has 30 heavy (non-hydrogen) atoms. The van der Waals surface area contributed by atoms with Gasteiger partial charge in [-0.3, -0.25) is 0 Å². The van der Waals surface area contributed by atoms with Gasteiger partial charge in [0.15, 0.2) is 0 Å². The van der Waals surface area contributed by atoms with Crippen LogP contribution in [0.15, 0.2) is 60.7 Å². The van der Waals surface area contributed by atoms with Crippen LogP contribution in [-0.4, -0.2) is 29.1 Å². The third kappa shape index (κ3) is 3.17. The molecule has 1 aliphatic rings. The van der Waals surface area contributed by atoms with Gasteiger partial charge in [-0.2, -0.15) is 0 Å². The Morgan fingerprint density at radius 2 is 1.97 bits per heavy atom. The lowest BCUT2D eigenvalue weighted by atomic mass is 9.89. The minimum atomic E-state index is -0.279. The normalized spacial score (nSPS) is 13.5. The predicted octanol–water partition coefficient (Wildman–Crippen LogP) is 6.22. The Hall–Kier alpha value is -3.11. The number of hydrogen-bond acceptors (Lipinski definition) is 3. The summed E-state index contributed by atoms with van der Waals surface area (Å²) in [7, 11) is 0. The third-order valence-electron chi connectivity index (χ3n) is 5.70. The van der Waals surface area contributed by atoms with Crippen molar-refractivity contribution in [3.63, 3.8) is 0 Å². The molecule has 1 aromatic heterocycles. The van der Waals surface area contributed by atoms with Crippen LogP contribution in [0.25, 0.3) is 32.9 Å². The highest BCUT2D eigenvalue weighted by atomic mass is 35.5. The molecule has 4 aromatic rings. The molecule has 1 amide bonds. The molecular formula is C25H21ClN2O2. The van der Waals surface area contributed by atoms with Gasteiger partial charge in [0.2, 0.25) is 0 Å². The van der Waals surface area contributed by atoms with Crippen molar-refractivity contribution in [1.29, 1.82) is 0 Å². The van der Waals surface area contributed by atoms with Gasteiger partial charge < -0.3 is 9.64 Å². The first-order chi connectivity index (χ1) is 14.7. The lowest BCUT2D eigenvalue weighted by Crippen LogP contribution is -2.37. The summed E-state index contributed by atoms with van der Waals surface area (Å²) in [6.45, 7) is 3.30. The number of benzene rings is 3. The number of carbonyl (C=O) groups is 1. The van der Waals surface area contributed by atoms with Gasteiger partial charge >= 0.3 is 6.09 Å². The first-order valence-electron chi connectivity index (χ1n) is 10.2. The van der Waals surface area contributed by atoms with Gasteiger partial charge in [0, 0.05) is 28.1 Å². The van der Waals surface area contributed by atoms with Crippen molar-refractivity contribution in [2.45, 2.75) is 19.9 Å². The van der Waals surface area contributed by atoms with Crippen molar-refractivity contribution in [3.05, 3.63) is 76.8 Å². The SMILES string of the molecule is CCOC(=O)N1CCc2c(c(-c3cccc(Cl)c3)nc3ccc4ccccc4c23)C1. The maximum atomic E-state index is 12.4. The maximum absolute atomic E-state index is 12.4. The fraction of sp³-hybridized carbons (Fsp3) is 0.200. The lowest BCUT2D eigenvalue weighted by Gasteiger charge is -2.30. The molecule has 2 heterocycles. The third-order valence-corrected chi connectivity index (χ3v) is 5.93. The molecule has 0 N–H and O–H groups in total. The van der Waals surface area contributed by atoms with E-state index in [1.807, 2.05) is 31.2 Å². The molecule has 0 atom stereocenters. The summed E-state index contributed by atoms with van der Waals surface area (Å²) >= 11 is 6.28. The van der Waals surface area contributed by atoms with Crippen LogP contribution in [-0.2, 0) is 17.7 Å². The minimum Gasteiger partial charge on any atom is -0.450 e. The van der Waals surface area contributed by atoms with Crippen LogP contribution in [0.1, 0.15) is 18.1 Å². The van der Waals surface area contributed by atoms with E-state index in [0.717, 1.165) is 28.8 Å². The molecule has 0 fully saturated rings. The molecule has 0 saturated heterocycles. The smallest absolute Gasteiger partial charge is 0.410 e. The van der Waals surface area contributed by atoms with Gasteiger partial charge in [0.25, 0.3) is 0 Å². The van der Waals surface area contributed by atoms with Gasteiger partial charge in [-0.15, -0.1) is 0 Å². The summed E-state index contributed by atoms with van der Waals surface area (Å²) < 4.78 is 5.26. The van der Waals surface area contributed by atoms with Gasteiger partial charge in [-0.05, 0) is 47.9 Å². The van der Waals surface area contributed by atoms with Gasteiger partial charge in [-0.25, -0.2) is 9.78 Å². The second kappa shape index (κ2) is 7.62. The van der Waals surface area contributed by atoms with Crippen LogP contribution in [0.2, 0.25) is 5.02 Å². The van der Waals surface area contributed by atoms with Crippen molar-refractivity contribution < 1.29 is 9.53 Å². The molecule has 4 nitrogen and oxygen atoms in total. The molecule has 1 aliphatic heterocycles. The van der Waals surface area contributed by atoms with Crippen molar-refractivity contribution in [2.75, 3.05) is 13.2 Å². The molecule has 3 aromatic carbocycles. The summed E-state index contributed by atoms with van der Waals surface area (Å²) in [4.78, 5) is 19.3. The maximum Gasteiger partial charge on any atom is 0.410 e. The monoisotopic (exact) mass is 416 g/mol. The Labute approximate surface area is 180 Å². The second-order valence-electron chi connectivity index (χ2n) is 7.48. The summed E-state index contributed by atoms with van der Waals surface area (Å²) in [5.41, 5.74) is 5.13. The van der Waals surface area contributed by atoms with Crippen molar-refractivity contribution >= 4 is 39.4 Å². The van der Waals surface area contributed by atoms with E-state index in [4.69, 9.17) is 21.3 Å². The minimum absolute atomic E-state index is 0.279. The fourth-order valence-corrected chi connectivity index (χ4v) is 4.55. The average Bonchev–Trinajstić information content (AvgIpc) is 2.78. The molecule has 5 heteroatoms. The first-order valence-corrected chi connectivity index (χ1v) is 10.5. The van der Waals surface area contributed by atoms with Crippen molar-refractivity contribution in [2.24, 2.45) is 0 Å². The molecule has 5 rings (SSSR count). The number of carbonyl (C=O) groups excluding carboxylic acids is 1. The largest absolute Gasteiger partial charge is 0.450 e. The van der Waals surface area contributed by atoms with Gasteiger partial charge in [0.1, 0.15) is 0 Å². The number of ether oxygens (including phenoxy) is 1. The summed E-state index contributed by atoms with van der Waals surface area (Å²) in [5, 5.41) is 4.23. The van der Waals surface area contributed by atoms with E-state index in [-0.39, 0.29) is 6.09 Å². The first kappa shape index (κ1) is 18.9. The highest BCUT2D eigenvalue weighted by Gasteiger charge is 2.27. The highest BCUT2D eigenvalue weighted by molar-refractivity contribution is 6.30. The standard InChI is InChI=1S/C25H21ClN2O2/c1-2-30-25(29)28-13-12-20-21(15-28)24(17-7-5-8-18(26)14-17)27-22-11-10-16-6-3-4-9-19(16)23(20)22/h3-11,14H,2,12-13,15H2,1H3. The van der Waals surface area contributed by atoms with E-state index < -0.39 is 0 Å². The number of halogens is 1. The number of nitrogens with zero attached hydrogens (tertiary/aromatic N) is 2. The number of rotatable bonds is 2. The predicted molar refractivity (Wildman–Crippen MR) is 121 cm³/mol. The quantitative estimate of drug-likeness (QED) is 0.364. The Bertz CT molecular complexity index is 1290. The molecule has 0 aliphatic carbocycles.